The number of benzene rings is 2. The molecule has 10 heteroatoms. The minimum Gasteiger partial charge on any atom is -0.450 e. The molecule has 4 rings (SSSR count). The third-order valence-corrected chi connectivity index (χ3v) is 5.49. The Bertz CT molecular complexity index is 1400. The van der Waals surface area contributed by atoms with Crippen molar-refractivity contribution in [3.8, 4) is 17.3 Å². The number of ether oxygens (including phenoxy) is 1. The number of fused-ring (bicyclic) bond motifs is 1. The lowest BCUT2D eigenvalue weighted by Crippen LogP contribution is -2.31. The molecule has 0 aliphatic heterocycles. The highest BCUT2D eigenvalue weighted by Crippen LogP contribution is 2.21. The number of carbonyl (C=O) groups is 2. The zero-order chi connectivity index (χ0) is 24.9. The molecule has 4 aromatic rings. The first kappa shape index (κ1) is 23.4. The first-order valence-corrected chi connectivity index (χ1v) is 10.9. The summed E-state index contributed by atoms with van der Waals surface area (Å²) in [6, 6.07) is 14.6. The maximum atomic E-state index is 12.6. The molecule has 7 N–H and O–H groups in total. The lowest BCUT2D eigenvalue weighted by molar-refractivity contribution is -0.124. The largest absolute Gasteiger partial charge is 0.450 e. The molecule has 0 aliphatic rings. The minimum absolute atomic E-state index is 0.0103. The number of hydrogen-bond donors (Lipinski definition) is 5. The van der Waals surface area contributed by atoms with Crippen molar-refractivity contribution in [3.05, 3.63) is 77.6 Å². The van der Waals surface area contributed by atoms with E-state index in [1.54, 1.807) is 36.5 Å². The second kappa shape index (κ2) is 10.0. The SMILES string of the molecule is CC(Oc1nccc(-c2ccc(C(=O)NCCc3ccc4[nH]cc(C(=N)N)c4c3)cc2)n1)C(N)=O. The van der Waals surface area contributed by atoms with Crippen molar-refractivity contribution in [2.24, 2.45) is 11.5 Å². The summed E-state index contributed by atoms with van der Waals surface area (Å²) in [6.07, 6.45) is 3.03. The maximum Gasteiger partial charge on any atom is 0.317 e. The summed E-state index contributed by atoms with van der Waals surface area (Å²) in [4.78, 5) is 35.2. The summed E-state index contributed by atoms with van der Waals surface area (Å²) in [5.74, 6) is -0.790. The molecular weight excluding hydrogens is 446 g/mol. The van der Waals surface area contributed by atoms with Gasteiger partial charge in [-0.2, -0.15) is 4.98 Å². The van der Waals surface area contributed by atoms with Gasteiger partial charge in [0.25, 0.3) is 11.8 Å². The number of H-pyrrole nitrogens is 1. The number of nitrogens with zero attached hydrogens (tertiary/aromatic N) is 2. The first-order chi connectivity index (χ1) is 16.8. The van der Waals surface area contributed by atoms with E-state index in [4.69, 9.17) is 21.6 Å². The number of amides is 2. The molecule has 2 amide bonds. The number of aromatic nitrogens is 3. The van der Waals surface area contributed by atoms with Gasteiger partial charge < -0.3 is 26.5 Å². The number of amidine groups is 1. The van der Waals surface area contributed by atoms with Crippen LogP contribution in [0.4, 0.5) is 0 Å². The molecule has 0 bridgehead atoms. The van der Waals surface area contributed by atoms with Crippen LogP contribution in [0.25, 0.3) is 22.2 Å². The second-order valence-electron chi connectivity index (χ2n) is 7.97. The van der Waals surface area contributed by atoms with Gasteiger partial charge in [-0.3, -0.25) is 15.0 Å². The Morgan fingerprint density at radius 3 is 2.63 bits per heavy atom. The van der Waals surface area contributed by atoms with Crippen LogP contribution in [0.5, 0.6) is 6.01 Å². The molecule has 1 atom stereocenters. The van der Waals surface area contributed by atoms with Crippen LogP contribution in [0.3, 0.4) is 0 Å². The number of rotatable bonds is 9. The number of primary amides is 1. The highest BCUT2D eigenvalue weighted by molar-refractivity contribution is 6.07. The topological polar surface area (TPSA) is 173 Å². The van der Waals surface area contributed by atoms with Crippen LogP contribution in [-0.2, 0) is 11.2 Å². The number of nitrogen functional groups attached to an aromatic ring is 1. The highest BCUT2D eigenvalue weighted by atomic mass is 16.5. The molecule has 0 saturated heterocycles. The summed E-state index contributed by atoms with van der Waals surface area (Å²) >= 11 is 0. The van der Waals surface area contributed by atoms with Crippen LogP contribution in [-0.4, -0.2) is 45.3 Å². The van der Waals surface area contributed by atoms with Gasteiger partial charge in [-0.15, -0.1) is 0 Å². The first-order valence-electron chi connectivity index (χ1n) is 10.9. The predicted octanol–water partition coefficient (Wildman–Crippen LogP) is 2.13. The number of nitrogens with two attached hydrogens (primary N) is 2. The van der Waals surface area contributed by atoms with Crippen LogP contribution in [0.1, 0.15) is 28.4 Å². The van der Waals surface area contributed by atoms with E-state index in [0.29, 0.717) is 29.8 Å². The molecule has 2 heterocycles. The molecule has 178 valence electrons. The fraction of sp³-hybridized carbons (Fsp3) is 0.160. The second-order valence-corrected chi connectivity index (χ2v) is 7.97. The molecule has 2 aromatic heterocycles. The Kier molecular flexibility index (Phi) is 6.72. The Morgan fingerprint density at radius 2 is 1.91 bits per heavy atom. The molecule has 0 aliphatic carbocycles. The molecule has 35 heavy (non-hydrogen) atoms. The van der Waals surface area contributed by atoms with Gasteiger partial charge in [0, 0.05) is 46.5 Å². The van der Waals surface area contributed by atoms with Crippen molar-refractivity contribution >= 4 is 28.6 Å². The summed E-state index contributed by atoms with van der Waals surface area (Å²) in [5, 5.41) is 11.5. The Hall–Kier alpha value is -4.73. The molecule has 0 spiro atoms. The lowest BCUT2D eigenvalue weighted by Gasteiger charge is -2.10. The van der Waals surface area contributed by atoms with Crippen molar-refractivity contribution in [2.45, 2.75) is 19.4 Å². The van der Waals surface area contributed by atoms with Gasteiger partial charge in [-0.1, -0.05) is 18.2 Å². The number of aromatic amines is 1. The smallest absolute Gasteiger partial charge is 0.317 e. The molecule has 0 fully saturated rings. The quantitative estimate of drug-likeness (QED) is 0.185. The van der Waals surface area contributed by atoms with E-state index in [1.807, 2.05) is 18.2 Å². The zero-order valence-electron chi connectivity index (χ0n) is 19.0. The fourth-order valence-corrected chi connectivity index (χ4v) is 3.54. The summed E-state index contributed by atoms with van der Waals surface area (Å²) in [5.41, 5.74) is 15.3. The van der Waals surface area contributed by atoms with Gasteiger partial charge in [-0.25, -0.2) is 4.98 Å². The van der Waals surface area contributed by atoms with Gasteiger partial charge in [-0.05, 0) is 49.2 Å². The number of hydrogen-bond acceptors (Lipinski definition) is 6. The maximum absolute atomic E-state index is 12.6. The van der Waals surface area contributed by atoms with Crippen LogP contribution in [0.2, 0.25) is 0 Å². The molecule has 10 nitrogen and oxygen atoms in total. The predicted molar refractivity (Wildman–Crippen MR) is 132 cm³/mol. The molecule has 2 aromatic carbocycles. The Balaban J connectivity index is 1.36. The van der Waals surface area contributed by atoms with E-state index < -0.39 is 12.0 Å². The van der Waals surface area contributed by atoms with E-state index in [2.05, 4.69) is 20.3 Å². The van der Waals surface area contributed by atoms with Crippen molar-refractivity contribution < 1.29 is 14.3 Å². The van der Waals surface area contributed by atoms with E-state index in [1.165, 1.54) is 13.1 Å². The number of carbonyl (C=O) groups excluding carboxylic acids is 2. The van der Waals surface area contributed by atoms with Crippen LogP contribution in [0, 0.1) is 5.41 Å². The van der Waals surface area contributed by atoms with Gasteiger partial charge in [0.2, 0.25) is 0 Å². The van der Waals surface area contributed by atoms with E-state index >= 15 is 0 Å². The van der Waals surface area contributed by atoms with Crippen LogP contribution >= 0.6 is 0 Å². The average molecular weight is 472 g/mol. The summed E-state index contributed by atoms with van der Waals surface area (Å²) < 4.78 is 5.34. The van der Waals surface area contributed by atoms with Gasteiger partial charge >= 0.3 is 6.01 Å². The standard InChI is InChI=1S/C25H25N7O3/c1-14(23(28)33)35-25-30-11-9-20(32-25)16-3-5-17(6-4-16)24(34)29-10-8-15-2-7-21-18(12-15)19(13-31-21)22(26)27/h2-7,9,11-14,31H,8,10H2,1H3,(H3,26,27)(H2,28,33)(H,29,34). The highest BCUT2D eigenvalue weighted by Gasteiger charge is 2.13. The zero-order valence-corrected chi connectivity index (χ0v) is 19.0. The van der Waals surface area contributed by atoms with Crippen molar-refractivity contribution in [1.29, 1.82) is 5.41 Å². The van der Waals surface area contributed by atoms with Crippen LogP contribution < -0.4 is 21.5 Å². The van der Waals surface area contributed by atoms with E-state index in [0.717, 1.165) is 22.0 Å². The van der Waals surface area contributed by atoms with Crippen molar-refractivity contribution in [2.75, 3.05) is 6.54 Å². The average Bonchev–Trinajstić information content (AvgIpc) is 3.28. The van der Waals surface area contributed by atoms with Crippen LogP contribution in [0.15, 0.2) is 60.9 Å². The molecule has 0 saturated carbocycles. The molecular formula is C25H25N7O3. The molecule has 1 unspecified atom stereocenters. The van der Waals surface area contributed by atoms with E-state index in [-0.39, 0.29) is 17.8 Å². The molecule has 0 radical (unpaired) electrons. The Morgan fingerprint density at radius 1 is 1.14 bits per heavy atom. The lowest BCUT2D eigenvalue weighted by atomic mass is 10.1. The minimum atomic E-state index is -0.850. The van der Waals surface area contributed by atoms with Crippen molar-refractivity contribution in [1.82, 2.24) is 20.3 Å². The monoisotopic (exact) mass is 471 g/mol. The van der Waals surface area contributed by atoms with E-state index in [9.17, 15) is 9.59 Å². The summed E-state index contributed by atoms with van der Waals surface area (Å²) in [6.45, 7) is 1.98. The van der Waals surface area contributed by atoms with Gasteiger partial charge in [0.1, 0.15) is 5.84 Å². The normalized spacial score (nSPS) is 11.7. The number of nitrogens with one attached hydrogen (secondary N) is 3. The third kappa shape index (κ3) is 5.44. The Labute approximate surface area is 201 Å². The fourth-order valence-electron chi connectivity index (χ4n) is 3.54. The van der Waals surface area contributed by atoms with Gasteiger partial charge in [0.05, 0.1) is 5.69 Å². The van der Waals surface area contributed by atoms with Gasteiger partial charge in [0.15, 0.2) is 6.10 Å². The van der Waals surface area contributed by atoms with Crippen molar-refractivity contribution in [3.63, 3.8) is 0 Å². The third-order valence-electron chi connectivity index (χ3n) is 5.49. The summed E-state index contributed by atoms with van der Waals surface area (Å²) in [7, 11) is 0.